The molecule has 0 saturated heterocycles. The van der Waals surface area contributed by atoms with E-state index >= 15 is 0 Å². The quantitative estimate of drug-likeness (QED) is 0.354. The summed E-state index contributed by atoms with van der Waals surface area (Å²) in [6.45, 7) is 4.54. The molecule has 0 radical (unpaired) electrons. The van der Waals surface area contributed by atoms with Crippen LogP contribution in [0.3, 0.4) is 0 Å². The molecule has 2 rings (SSSR count). The minimum Gasteiger partial charge on any atom is -0.497 e. The molecule has 4 N–H and O–H groups in total. The van der Waals surface area contributed by atoms with E-state index in [1.54, 1.807) is 75.4 Å². The van der Waals surface area contributed by atoms with Gasteiger partial charge in [-0.15, -0.1) is 5.11 Å². The van der Waals surface area contributed by atoms with Crippen molar-refractivity contribution in [3.8, 4) is 5.75 Å². The van der Waals surface area contributed by atoms with Crippen LogP contribution in [0.15, 0.2) is 64.8 Å². The maximum atomic E-state index is 13.0. The van der Waals surface area contributed by atoms with Gasteiger partial charge in [0.25, 0.3) is 0 Å². The van der Waals surface area contributed by atoms with Crippen molar-refractivity contribution in [1.82, 2.24) is 16.0 Å². The van der Waals surface area contributed by atoms with Crippen molar-refractivity contribution in [2.45, 2.75) is 44.9 Å². The number of amides is 4. The van der Waals surface area contributed by atoms with E-state index in [0.717, 1.165) is 0 Å². The number of hydrogen-bond donors (Lipinski definition) is 4. The third-order valence-corrected chi connectivity index (χ3v) is 4.69. The maximum Gasteiger partial charge on any atom is 0.407 e. The largest absolute Gasteiger partial charge is 0.497 e. The van der Waals surface area contributed by atoms with Crippen molar-refractivity contribution in [2.24, 2.45) is 10.2 Å². The molecule has 2 unspecified atom stereocenters. The first-order valence-electron chi connectivity index (χ1n) is 11.4. The Bertz CT molecular complexity index is 1100. The lowest BCUT2D eigenvalue weighted by Crippen LogP contribution is -2.55. The number of carbonyl (C=O) groups is 4. The fourth-order valence-corrected chi connectivity index (χ4v) is 2.96. The van der Waals surface area contributed by atoms with Crippen molar-refractivity contribution in [3.05, 3.63) is 60.2 Å². The Morgan fingerprint density at radius 3 is 2.16 bits per heavy atom. The summed E-state index contributed by atoms with van der Waals surface area (Å²) < 4.78 is 10.1. The lowest BCUT2D eigenvalue weighted by atomic mass is 10.0. The van der Waals surface area contributed by atoms with Crippen molar-refractivity contribution in [3.63, 3.8) is 0 Å². The molecular weight excluding hydrogens is 482 g/mol. The van der Waals surface area contributed by atoms with Gasteiger partial charge in [0.2, 0.25) is 5.91 Å². The van der Waals surface area contributed by atoms with Gasteiger partial charge in [0.15, 0.2) is 0 Å². The number of hydrogen-bond acceptors (Lipinski definition) is 7. The Hall–Kier alpha value is -4.48. The van der Waals surface area contributed by atoms with Crippen LogP contribution in [0.5, 0.6) is 5.75 Å². The summed E-state index contributed by atoms with van der Waals surface area (Å²) in [4.78, 5) is 49.0. The zero-order chi connectivity index (χ0) is 27.4. The number of methoxy groups -OCH3 is 1. The predicted molar refractivity (Wildman–Crippen MR) is 134 cm³/mol. The van der Waals surface area contributed by atoms with Crippen LogP contribution in [-0.4, -0.2) is 60.4 Å². The zero-order valence-electron chi connectivity index (χ0n) is 21.1. The summed E-state index contributed by atoms with van der Waals surface area (Å²) in [6, 6.07) is 11.8. The second-order valence-electron chi connectivity index (χ2n) is 8.87. The number of carboxylic acid groups (broad SMARTS) is 1. The minimum atomic E-state index is -1.48. The number of azo groups is 1. The molecule has 198 valence electrons. The molecule has 0 spiro atoms. The molecule has 0 heterocycles. The van der Waals surface area contributed by atoms with Gasteiger partial charge in [-0.2, -0.15) is 0 Å². The number of rotatable bonds is 10. The molecule has 2 aromatic carbocycles. The third-order valence-electron chi connectivity index (χ3n) is 4.69. The highest BCUT2D eigenvalue weighted by atomic mass is 16.6. The van der Waals surface area contributed by atoms with Crippen molar-refractivity contribution in [1.29, 1.82) is 0 Å². The highest BCUT2D eigenvalue weighted by molar-refractivity contribution is 5.90. The average molecular weight is 514 g/mol. The highest BCUT2D eigenvalue weighted by Crippen LogP contribution is 2.18. The SMILES string of the molecule is COc1ccc(/N=N/C(=O)NC(Cc2ccccc2)C(=O)NC(CNC(=O)OC(C)(C)C)C(=O)O)cc1. The van der Waals surface area contributed by atoms with E-state index < -0.39 is 48.2 Å². The van der Waals surface area contributed by atoms with E-state index in [-0.39, 0.29) is 6.42 Å². The summed E-state index contributed by atoms with van der Waals surface area (Å²) in [6.07, 6.45) is -0.774. The Labute approximate surface area is 214 Å². The Balaban J connectivity index is 2.10. The van der Waals surface area contributed by atoms with Gasteiger partial charge >= 0.3 is 18.1 Å². The minimum absolute atomic E-state index is 0.0578. The molecule has 12 nitrogen and oxygen atoms in total. The number of urea groups is 1. The van der Waals surface area contributed by atoms with Crippen LogP contribution < -0.4 is 20.7 Å². The summed E-state index contributed by atoms with van der Waals surface area (Å²) >= 11 is 0. The second kappa shape index (κ2) is 13.6. The molecule has 0 bridgehead atoms. The Kier molecular flexibility index (Phi) is 10.5. The number of alkyl carbamates (subject to hydrolysis) is 1. The number of carbonyl (C=O) groups excluding carboxylic acids is 3. The molecule has 2 atom stereocenters. The van der Waals surface area contributed by atoms with E-state index in [9.17, 15) is 24.3 Å². The van der Waals surface area contributed by atoms with E-state index in [4.69, 9.17) is 9.47 Å². The normalized spacial score (nSPS) is 12.8. The summed E-state index contributed by atoms with van der Waals surface area (Å²) in [5, 5.41) is 24.1. The Morgan fingerprint density at radius 2 is 1.59 bits per heavy atom. The molecular formula is C25H31N5O7. The van der Waals surface area contributed by atoms with Crippen LogP contribution in [0.1, 0.15) is 26.3 Å². The van der Waals surface area contributed by atoms with Crippen molar-refractivity contribution < 1.29 is 33.8 Å². The van der Waals surface area contributed by atoms with Gasteiger partial charge in [-0.1, -0.05) is 35.4 Å². The van der Waals surface area contributed by atoms with E-state index in [1.807, 2.05) is 0 Å². The van der Waals surface area contributed by atoms with Gasteiger partial charge in [0, 0.05) is 6.42 Å². The average Bonchev–Trinajstić information content (AvgIpc) is 2.84. The van der Waals surface area contributed by atoms with Crippen molar-refractivity contribution >= 4 is 29.7 Å². The molecule has 12 heteroatoms. The predicted octanol–water partition coefficient (Wildman–Crippen LogP) is 3.19. The van der Waals surface area contributed by atoms with E-state index in [0.29, 0.717) is 17.0 Å². The topological polar surface area (TPSA) is 168 Å². The molecule has 0 fully saturated rings. The van der Waals surface area contributed by atoms with Gasteiger partial charge in [-0.25, -0.2) is 14.4 Å². The van der Waals surface area contributed by atoms with Crippen LogP contribution in [0.25, 0.3) is 0 Å². The maximum absolute atomic E-state index is 13.0. The number of ether oxygens (including phenoxy) is 2. The van der Waals surface area contributed by atoms with Crippen LogP contribution in [0.4, 0.5) is 15.3 Å². The summed E-state index contributed by atoms with van der Waals surface area (Å²) in [5.41, 5.74) is 0.324. The Morgan fingerprint density at radius 1 is 0.946 bits per heavy atom. The number of aliphatic carboxylic acids is 1. The first-order valence-corrected chi connectivity index (χ1v) is 11.4. The van der Waals surface area contributed by atoms with Gasteiger partial charge in [-0.3, -0.25) is 4.79 Å². The van der Waals surface area contributed by atoms with E-state index in [2.05, 4.69) is 26.2 Å². The lowest BCUT2D eigenvalue weighted by molar-refractivity contribution is -0.141. The molecule has 0 aliphatic carbocycles. The first-order chi connectivity index (χ1) is 17.5. The van der Waals surface area contributed by atoms with Crippen LogP contribution in [0.2, 0.25) is 0 Å². The number of nitrogens with one attached hydrogen (secondary N) is 3. The van der Waals surface area contributed by atoms with Crippen LogP contribution in [0, 0.1) is 0 Å². The molecule has 4 amide bonds. The monoisotopic (exact) mass is 513 g/mol. The standard InChI is InChI=1S/C25H31N5O7/c1-25(2,3)37-24(35)26-15-20(22(32)33)27-21(31)19(14-16-8-6-5-7-9-16)28-23(34)30-29-17-10-12-18(36-4)13-11-17/h5-13,19-20H,14-15H2,1-4H3,(H,26,35)(H,27,31)(H,28,34)(H,32,33)/b30-29+. The zero-order valence-corrected chi connectivity index (χ0v) is 21.1. The van der Waals surface area contributed by atoms with Crippen molar-refractivity contribution in [2.75, 3.05) is 13.7 Å². The number of carboxylic acids is 1. The smallest absolute Gasteiger partial charge is 0.407 e. The van der Waals surface area contributed by atoms with Gasteiger partial charge in [-0.05, 0) is 50.6 Å². The summed E-state index contributed by atoms with van der Waals surface area (Å²) in [5.74, 6) is -1.55. The number of benzene rings is 2. The van der Waals surface area contributed by atoms with Gasteiger partial charge < -0.3 is 30.5 Å². The fourth-order valence-electron chi connectivity index (χ4n) is 2.96. The number of nitrogens with zero attached hydrogens (tertiary/aromatic N) is 2. The van der Waals surface area contributed by atoms with E-state index in [1.165, 1.54) is 7.11 Å². The molecule has 0 aliphatic rings. The molecule has 0 aliphatic heterocycles. The molecule has 37 heavy (non-hydrogen) atoms. The second-order valence-corrected chi connectivity index (χ2v) is 8.87. The van der Waals surface area contributed by atoms with Crippen LogP contribution >= 0.6 is 0 Å². The fraction of sp³-hybridized carbons (Fsp3) is 0.360. The molecule has 2 aromatic rings. The molecule has 0 saturated carbocycles. The molecule has 0 aromatic heterocycles. The van der Waals surface area contributed by atoms with Gasteiger partial charge in [0.1, 0.15) is 23.4 Å². The van der Waals surface area contributed by atoms with Gasteiger partial charge in [0.05, 0.1) is 19.3 Å². The first kappa shape index (κ1) is 28.8. The highest BCUT2D eigenvalue weighted by Gasteiger charge is 2.28. The van der Waals surface area contributed by atoms with Crippen LogP contribution in [-0.2, 0) is 20.7 Å². The third kappa shape index (κ3) is 10.8. The lowest BCUT2D eigenvalue weighted by Gasteiger charge is -2.23. The summed E-state index contributed by atoms with van der Waals surface area (Å²) in [7, 11) is 1.52.